The molecule has 0 saturated carbocycles. The van der Waals surface area contributed by atoms with Gasteiger partial charge in [-0.25, -0.2) is 0 Å². The highest BCUT2D eigenvalue weighted by Crippen LogP contribution is 2.28. The van der Waals surface area contributed by atoms with Crippen molar-refractivity contribution in [2.45, 2.75) is 32.9 Å². The Labute approximate surface area is 116 Å². The molecule has 0 saturated heterocycles. The fourth-order valence-electron chi connectivity index (χ4n) is 2.09. The number of aryl methyl sites for hydroxylation is 1. The van der Waals surface area contributed by atoms with Crippen molar-refractivity contribution in [2.75, 3.05) is 27.8 Å². The molecule has 4 nitrogen and oxygen atoms in total. The van der Waals surface area contributed by atoms with Crippen LogP contribution < -0.4 is 20.1 Å². The lowest BCUT2D eigenvalue weighted by Gasteiger charge is -2.26. The zero-order valence-corrected chi connectivity index (χ0v) is 12.9. The molecule has 1 aromatic rings. The van der Waals surface area contributed by atoms with Crippen LogP contribution in [0.3, 0.4) is 0 Å². The summed E-state index contributed by atoms with van der Waals surface area (Å²) in [6.07, 6.45) is 0. The number of nitrogens with one attached hydrogen (secondary N) is 2. The normalized spacial score (nSPS) is 11.5. The number of likely N-dealkylation sites (N-methyl/N-ethyl adjacent to an activating group) is 1. The maximum Gasteiger partial charge on any atom is 0.123 e. The average Bonchev–Trinajstić information content (AvgIpc) is 2.36. The molecule has 0 fully saturated rings. The van der Waals surface area contributed by atoms with Crippen LogP contribution in [0.4, 0.5) is 0 Å². The van der Waals surface area contributed by atoms with Gasteiger partial charge < -0.3 is 20.1 Å². The van der Waals surface area contributed by atoms with Gasteiger partial charge in [0.1, 0.15) is 11.5 Å². The van der Waals surface area contributed by atoms with Crippen LogP contribution in [-0.4, -0.2) is 33.4 Å². The number of benzene rings is 1. The highest BCUT2D eigenvalue weighted by molar-refractivity contribution is 5.45. The van der Waals surface area contributed by atoms with E-state index in [1.54, 1.807) is 14.2 Å². The molecule has 0 unspecified atom stereocenters. The minimum atomic E-state index is 0.0257. The molecular formula is C15H26N2O2. The molecule has 0 atom stereocenters. The largest absolute Gasteiger partial charge is 0.496 e. The second-order valence-corrected chi connectivity index (χ2v) is 5.40. The first kappa shape index (κ1) is 15.8. The Morgan fingerprint density at radius 1 is 1.11 bits per heavy atom. The van der Waals surface area contributed by atoms with Gasteiger partial charge in [0.05, 0.1) is 14.2 Å². The van der Waals surface area contributed by atoms with Crippen LogP contribution in [0.1, 0.15) is 25.0 Å². The Morgan fingerprint density at radius 3 is 2.26 bits per heavy atom. The van der Waals surface area contributed by atoms with E-state index in [2.05, 4.69) is 24.5 Å². The lowest BCUT2D eigenvalue weighted by molar-refractivity contribution is 0.361. The Kier molecular flexibility index (Phi) is 5.63. The summed E-state index contributed by atoms with van der Waals surface area (Å²) in [5.74, 6) is 1.79. The molecule has 0 spiro atoms. The molecule has 1 aromatic carbocycles. The maximum absolute atomic E-state index is 5.44. The highest BCUT2D eigenvalue weighted by Gasteiger charge is 2.17. The van der Waals surface area contributed by atoms with E-state index in [-0.39, 0.29) is 5.54 Å². The van der Waals surface area contributed by atoms with E-state index < -0.39 is 0 Å². The molecule has 19 heavy (non-hydrogen) atoms. The Bertz CT molecular complexity index is 417. The Balaban J connectivity index is 2.87. The number of rotatable bonds is 7. The van der Waals surface area contributed by atoms with Crippen LogP contribution in [0, 0.1) is 6.92 Å². The first-order chi connectivity index (χ1) is 8.93. The average molecular weight is 266 g/mol. The van der Waals surface area contributed by atoms with E-state index in [0.29, 0.717) is 0 Å². The van der Waals surface area contributed by atoms with Crippen LogP contribution in [0.5, 0.6) is 11.5 Å². The predicted molar refractivity (Wildman–Crippen MR) is 79.1 cm³/mol. The van der Waals surface area contributed by atoms with Crippen molar-refractivity contribution in [1.29, 1.82) is 0 Å². The summed E-state index contributed by atoms with van der Waals surface area (Å²) in [4.78, 5) is 0. The van der Waals surface area contributed by atoms with Gasteiger partial charge in [-0.15, -0.1) is 0 Å². The predicted octanol–water partition coefficient (Wildman–Crippen LogP) is 2.10. The fourth-order valence-corrected chi connectivity index (χ4v) is 2.09. The lowest BCUT2D eigenvalue weighted by atomic mass is 10.0. The molecule has 0 aliphatic heterocycles. The van der Waals surface area contributed by atoms with Crippen molar-refractivity contribution in [3.05, 3.63) is 23.3 Å². The highest BCUT2D eigenvalue weighted by atomic mass is 16.5. The summed E-state index contributed by atoms with van der Waals surface area (Å²) in [5.41, 5.74) is 2.21. The second kappa shape index (κ2) is 6.78. The zero-order chi connectivity index (χ0) is 14.5. The van der Waals surface area contributed by atoms with Gasteiger partial charge in [-0.3, -0.25) is 0 Å². The van der Waals surface area contributed by atoms with Crippen molar-refractivity contribution < 1.29 is 9.47 Å². The van der Waals surface area contributed by atoms with Gasteiger partial charge in [0.15, 0.2) is 0 Å². The van der Waals surface area contributed by atoms with Crippen LogP contribution in [-0.2, 0) is 6.54 Å². The summed E-state index contributed by atoms with van der Waals surface area (Å²) in [7, 11) is 5.35. The molecule has 0 bridgehead atoms. The lowest BCUT2D eigenvalue weighted by Crippen LogP contribution is -2.46. The first-order valence-electron chi connectivity index (χ1n) is 6.54. The molecule has 0 amide bonds. The second-order valence-electron chi connectivity index (χ2n) is 5.40. The molecule has 0 aliphatic rings. The molecule has 0 aliphatic carbocycles. The molecule has 1 rings (SSSR count). The van der Waals surface area contributed by atoms with Gasteiger partial charge in [0, 0.05) is 24.2 Å². The molecular weight excluding hydrogens is 240 g/mol. The van der Waals surface area contributed by atoms with E-state index in [1.165, 1.54) is 0 Å². The summed E-state index contributed by atoms with van der Waals surface area (Å²) < 4.78 is 10.8. The molecule has 4 heteroatoms. The summed E-state index contributed by atoms with van der Waals surface area (Å²) in [6.45, 7) is 8.00. The van der Waals surface area contributed by atoms with Gasteiger partial charge in [-0.1, -0.05) is 0 Å². The minimum Gasteiger partial charge on any atom is -0.496 e. The number of hydrogen-bond acceptors (Lipinski definition) is 4. The minimum absolute atomic E-state index is 0.0257. The summed E-state index contributed by atoms with van der Waals surface area (Å²) in [6, 6.07) is 4.05. The number of ether oxygens (including phenoxy) is 2. The van der Waals surface area contributed by atoms with Crippen LogP contribution in [0.2, 0.25) is 0 Å². The van der Waals surface area contributed by atoms with Crippen molar-refractivity contribution in [2.24, 2.45) is 0 Å². The Morgan fingerprint density at radius 2 is 1.74 bits per heavy atom. The molecule has 0 aromatic heterocycles. The summed E-state index contributed by atoms with van der Waals surface area (Å²) >= 11 is 0. The van der Waals surface area contributed by atoms with E-state index in [9.17, 15) is 0 Å². The third kappa shape index (κ3) is 4.40. The van der Waals surface area contributed by atoms with Crippen LogP contribution in [0.15, 0.2) is 12.1 Å². The van der Waals surface area contributed by atoms with E-state index in [1.807, 2.05) is 26.1 Å². The molecule has 2 N–H and O–H groups in total. The van der Waals surface area contributed by atoms with Crippen molar-refractivity contribution in [3.8, 4) is 11.5 Å². The molecule has 0 heterocycles. The van der Waals surface area contributed by atoms with Crippen molar-refractivity contribution >= 4 is 0 Å². The van der Waals surface area contributed by atoms with E-state index in [4.69, 9.17) is 9.47 Å². The first-order valence-corrected chi connectivity index (χ1v) is 6.54. The van der Waals surface area contributed by atoms with Crippen LogP contribution in [0.25, 0.3) is 0 Å². The number of hydrogen-bond donors (Lipinski definition) is 2. The standard InChI is InChI=1S/C15H26N2O2/c1-11-7-14(19-6)12(8-13(11)18-5)9-17-15(2,3)10-16-4/h7-8,16-17H,9-10H2,1-6H3. The third-order valence-corrected chi connectivity index (χ3v) is 3.17. The third-order valence-electron chi connectivity index (χ3n) is 3.17. The summed E-state index contributed by atoms with van der Waals surface area (Å²) in [5, 5.41) is 6.71. The number of methoxy groups -OCH3 is 2. The SMILES string of the molecule is CNCC(C)(C)NCc1cc(OC)c(C)cc1OC. The fraction of sp³-hybridized carbons (Fsp3) is 0.600. The zero-order valence-electron chi connectivity index (χ0n) is 12.9. The van der Waals surface area contributed by atoms with Gasteiger partial charge in [0.25, 0.3) is 0 Å². The van der Waals surface area contributed by atoms with Gasteiger partial charge in [-0.05, 0) is 45.5 Å². The quantitative estimate of drug-likeness (QED) is 0.793. The maximum atomic E-state index is 5.44. The van der Waals surface area contributed by atoms with E-state index >= 15 is 0 Å². The van der Waals surface area contributed by atoms with Gasteiger partial charge >= 0.3 is 0 Å². The van der Waals surface area contributed by atoms with Crippen molar-refractivity contribution in [1.82, 2.24) is 10.6 Å². The Hall–Kier alpha value is -1.26. The van der Waals surface area contributed by atoms with Crippen molar-refractivity contribution in [3.63, 3.8) is 0 Å². The van der Waals surface area contributed by atoms with Gasteiger partial charge in [-0.2, -0.15) is 0 Å². The van der Waals surface area contributed by atoms with Gasteiger partial charge in [0.2, 0.25) is 0 Å². The smallest absolute Gasteiger partial charge is 0.123 e. The topological polar surface area (TPSA) is 42.5 Å². The van der Waals surface area contributed by atoms with E-state index in [0.717, 1.165) is 35.7 Å². The monoisotopic (exact) mass is 266 g/mol. The molecule has 108 valence electrons. The van der Waals surface area contributed by atoms with Crippen LogP contribution >= 0.6 is 0 Å². The molecule has 0 radical (unpaired) electrons.